The number of aryl methyl sites for hydroxylation is 1. The molecule has 2 aromatic carbocycles. The molecule has 0 radical (unpaired) electrons. The molecule has 3 nitrogen and oxygen atoms in total. The van der Waals surface area contributed by atoms with Gasteiger partial charge >= 0.3 is 0 Å². The molecule has 0 aliphatic rings. The third kappa shape index (κ3) is 3.41. The van der Waals surface area contributed by atoms with Crippen LogP contribution in [0.2, 0.25) is 0 Å². The van der Waals surface area contributed by atoms with E-state index < -0.39 is 0 Å². The van der Waals surface area contributed by atoms with Gasteiger partial charge < -0.3 is 15.2 Å². The van der Waals surface area contributed by atoms with Crippen molar-refractivity contribution in [2.75, 3.05) is 12.8 Å². The van der Waals surface area contributed by atoms with Gasteiger partial charge in [0.1, 0.15) is 18.1 Å². The first kappa shape index (κ1) is 13.3. The van der Waals surface area contributed by atoms with E-state index >= 15 is 0 Å². The van der Waals surface area contributed by atoms with E-state index in [4.69, 9.17) is 15.2 Å². The molecular formula is C16H19NO2. The summed E-state index contributed by atoms with van der Waals surface area (Å²) in [6.45, 7) is 2.60. The average Bonchev–Trinajstić information content (AvgIpc) is 2.46. The van der Waals surface area contributed by atoms with Crippen molar-refractivity contribution in [3.8, 4) is 11.5 Å². The van der Waals surface area contributed by atoms with Crippen LogP contribution in [-0.2, 0) is 13.0 Å². The van der Waals surface area contributed by atoms with Gasteiger partial charge in [-0.1, -0.05) is 25.1 Å². The van der Waals surface area contributed by atoms with Crippen molar-refractivity contribution in [1.82, 2.24) is 0 Å². The first-order chi connectivity index (χ1) is 9.22. The van der Waals surface area contributed by atoms with Gasteiger partial charge in [0.2, 0.25) is 0 Å². The minimum absolute atomic E-state index is 0.500. The molecule has 0 unspecified atom stereocenters. The van der Waals surface area contributed by atoms with Gasteiger partial charge in [-0.05, 0) is 41.8 Å². The Morgan fingerprint density at radius 3 is 2.26 bits per heavy atom. The van der Waals surface area contributed by atoms with Crippen molar-refractivity contribution in [3.63, 3.8) is 0 Å². The van der Waals surface area contributed by atoms with Crippen LogP contribution in [0.3, 0.4) is 0 Å². The van der Waals surface area contributed by atoms with Crippen molar-refractivity contribution < 1.29 is 9.47 Å². The topological polar surface area (TPSA) is 44.5 Å². The molecule has 0 atom stereocenters. The summed E-state index contributed by atoms with van der Waals surface area (Å²) in [5.74, 6) is 1.57. The van der Waals surface area contributed by atoms with Crippen LogP contribution in [0.25, 0.3) is 0 Å². The zero-order valence-electron chi connectivity index (χ0n) is 11.3. The zero-order chi connectivity index (χ0) is 13.7. The molecule has 0 aliphatic heterocycles. The van der Waals surface area contributed by atoms with E-state index in [1.54, 1.807) is 7.11 Å². The summed E-state index contributed by atoms with van der Waals surface area (Å²) >= 11 is 0. The Hall–Kier alpha value is -2.16. The van der Waals surface area contributed by atoms with Gasteiger partial charge in [0.25, 0.3) is 0 Å². The maximum atomic E-state index is 5.96. The van der Waals surface area contributed by atoms with Crippen LogP contribution in [0, 0.1) is 0 Å². The number of nitrogen functional groups attached to an aromatic ring is 1. The van der Waals surface area contributed by atoms with Crippen molar-refractivity contribution >= 4 is 5.69 Å². The van der Waals surface area contributed by atoms with Crippen LogP contribution < -0.4 is 15.2 Å². The lowest BCUT2D eigenvalue weighted by Gasteiger charge is -2.10. The Balaban J connectivity index is 2.01. The Labute approximate surface area is 114 Å². The second-order valence-electron chi connectivity index (χ2n) is 4.36. The monoisotopic (exact) mass is 257 g/mol. The second-order valence-corrected chi connectivity index (χ2v) is 4.36. The summed E-state index contributed by atoms with van der Waals surface area (Å²) in [6.07, 6.45) is 0.975. The Morgan fingerprint density at radius 1 is 1.00 bits per heavy atom. The SMILES string of the molecule is CCc1ccc(OCc2ccc(OC)cc2)c(N)c1. The summed E-state index contributed by atoms with van der Waals surface area (Å²) in [5, 5.41) is 0. The van der Waals surface area contributed by atoms with Gasteiger partial charge in [0.15, 0.2) is 0 Å². The van der Waals surface area contributed by atoms with Crippen LogP contribution in [-0.4, -0.2) is 7.11 Å². The summed E-state index contributed by atoms with van der Waals surface area (Å²) in [4.78, 5) is 0. The van der Waals surface area contributed by atoms with Crippen molar-refractivity contribution in [2.24, 2.45) is 0 Å². The summed E-state index contributed by atoms with van der Waals surface area (Å²) in [5.41, 5.74) is 8.95. The summed E-state index contributed by atoms with van der Waals surface area (Å²) in [6, 6.07) is 13.7. The fourth-order valence-corrected chi connectivity index (χ4v) is 1.83. The van der Waals surface area contributed by atoms with Crippen LogP contribution in [0.5, 0.6) is 11.5 Å². The van der Waals surface area contributed by atoms with E-state index in [1.807, 2.05) is 42.5 Å². The van der Waals surface area contributed by atoms with Gasteiger partial charge in [-0.3, -0.25) is 0 Å². The third-order valence-corrected chi connectivity index (χ3v) is 3.04. The third-order valence-electron chi connectivity index (χ3n) is 3.04. The molecule has 0 amide bonds. The molecule has 0 heterocycles. The fourth-order valence-electron chi connectivity index (χ4n) is 1.83. The Kier molecular flexibility index (Phi) is 4.29. The van der Waals surface area contributed by atoms with Crippen LogP contribution in [0.15, 0.2) is 42.5 Å². The molecule has 0 bridgehead atoms. The van der Waals surface area contributed by atoms with Crippen molar-refractivity contribution in [3.05, 3.63) is 53.6 Å². The highest BCUT2D eigenvalue weighted by molar-refractivity contribution is 5.54. The molecule has 0 saturated carbocycles. The standard InChI is InChI=1S/C16H19NO2/c1-3-12-6-9-16(15(17)10-12)19-11-13-4-7-14(18-2)8-5-13/h4-10H,3,11,17H2,1-2H3. The molecular weight excluding hydrogens is 238 g/mol. The number of nitrogens with two attached hydrogens (primary N) is 1. The largest absolute Gasteiger partial charge is 0.497 e. The molecule has 0 spiro atoms. The first-order valence-corrected chi connectivity index (χ1v) is 6.37. The number of anilines is 1. The number of methoxy groups -OCH3 is 1. The second kappa shape index (κ2) is 6.14. The maximum Gasteiger partial charge on any atom is 0.142 e. The Bertz CT molecular complexity index is 535. The quantitative estimate of drug-likeness (QED) is 0.835. The van der Waals surface area contributed by atoms with E-state index in [-0.39, 0.29) is 0 Å². The van der Waals surface area contributed by atoms with Crippen molar-refractivity contribution in [2.45, 2.75) is 20.0 Å². The molecule has 0 aliphatic carbocycles. The van der Waals surface area contributed by atoms with Crippen molar-refractivity contribution in [1.29, 1.82) is 0 Å². The summed E-state index contributed by atoms with van der Waals surface area (Å²) < 4.78 is 10.8. The molecule has 3 heteroatoms. The zero-order valence-corrected chi connectivity index (χ0v) is 11.3. The van der Waals surface area contributed by atoms with E-state index in [2.05, 4.69) is 6.92 Å². The van der Waals surface area contributed by atoms with E-state index in [0.717, 1.165) is 23.5 Å². The highest BCUT2D eigenvalue weighted by atomic mass is 16.5. The predicted molar refractivity (Wildman–Crippen MR) is 77.6 cm³/mol. The summed E-state index contributed by atoms with van der Waals surface area (Å²) in [7, 11) is 1.65. The van der Waals surface area contributed by atoms with Gasteiger partial charge in [0, 0.05) is 0 Å². The van der Waals surface area contributed by atoms with Crippen LogP contribution >= 0.6 is 0 Å². The predicted octanol–water partition coefficient (Wildman–Crippen LogP) is 3.42. The molecule has 0 saturated heterocycles. The molecule has 2 aromatic rings. The number of rotatable bonds is 5. The minimum Gasteiger partial charge on any atom is -0.497 e. The van der Waals surface area contributed by atoms with E-state index in [9.17, 15) is 0 Å². The average molecular weight is 257 g/mol. The van der Waals surface area contributed by atoms with Crippen LogP contribution in [0.4, 0.5) is 5.69 Å². The van der Waals surface area contributed by atoms with Gasteiger partial charge in [-0.2, -0.15) is 0 Å². The molecule has 100 valence electrons. The van der Waals surface area contributed by atoms with Gasteiger partial charge in [-0.25, -0.2) is 0 Å². The fraction of sp³-hybridized carbons (Fsp3) is 0.250. The molecule has 0 fully saturated rings. The number of ether oxygens (including phenoxy) is 2. The van der Waals surface area contributed by atoms with Gasteiger partial charge in [-0.15, -0.1) is 0 Å². The van der Waals surface area contributed by atoms with E-state index in [1.165, 1.54) is 5.56 Å². The first-order valence-electron chi connectivity index (χ1n) is 6.37. The highest BCUT2D eigenvalue weighted by Crippen LogP contribution is 2.24. The van der Waals surface area contributed by atoms with Gasteiger partial charge in [0.05, 0.1) is 12.8 Å². The van der Waals surface area contributed by atoms with E-state index in [0.29, 0.717) is 12.3 Å². The van der Waals surface area contributed by atoms with Crippen LogP contribution in [0.1, 0.15) is 18.1 Å². The number of benzene rings is 2. The molecule has 0 aromatic heterocycles. The number of hydrogen-bond donors (Lipinski definition) is 1. The number of hydrogen-bond acceptors (Lipinski definition) is 3. The lowest BCUT2D eigenvalue weighted by atomic mass is 10.1. The Morgan fingerprint density at radius 2 is 1.68 bits per heavy atom. The smallest absolute Gasteiger partial charge is 0.142 e. The lowest BCUT2D eigenvalue weighted by Crippen LogP contribution is -1.99. The minimum atomic E-state index is 0.500. The molecule has 2 N–H and O–H groups in total. The molecule has 19 heavy (non-hydrogen) atoms. The maximum absolute atomic E-state index is 5.96. The highest BCUT2D eigenvalue weighted by Gasteiger charge is 2.02. The molecule has 2 rings (SSSR count). The lowest BCUT2D eigenvalue weighted by molar-refractivity contribution is 0.307. The normalized spacial score (nSPS) is 10.2.